The second kappa shape index (κ2) is 9.17. The maximum Gasteiger partial charge on any atom is 0.267 e. The first-order valence-electron chi connectivity index (χ1n) is 9.75. The summed E-state index contributed by atoms with van der Waals surface area (Å²) in [6.07, 6.45) is 0.376. The summed E-state index contributed by atoms with van der Waals surface area (Å²) in [7, 11) is 0. The normalized spacial score (nSPS) is 11.6. The molecule has 3 aromatic rings. The lowest BCUT2D eigenvalue weighted by Crippen LogP contribution is -2.33. The average Bonchev–Trinajstić information content (AvgIpc) is 2.75. The molecule has 0 spiro atoms. The Morgan fingerprint density at radius 2 is 1.77 bits per heavy atom. The minimum absolute atomic E-state index is 0.0839. The fraction of sp³-hybridized carbons (Fsp3) is 0.217. The number of carbonyl (C=O) groups excluding carboxylic acids is 2. The molecule has 2 N–H and O–H groups in total. The zero-order valence-electron chi connectivity index (χ0n) is 17.2. The van der Waals surface area contributed by atoms with E-state index in [0.29, 0.717) is 23.5 Å². The maximum atomic E-state index is 12.6. The van der Waals surface area contributed by atoms with Crippen molar-refractivity contribution in [2.45, 2.75) is 33.2 Å². The van der Waals surface area contributed by atoms with Crippen LogP contribution in [0.1, 0.15) is 31.9 Å². The van der Waals surface area contributed by atoms with Crippen molar-refractivity contribution in [1.82, 2.24) is 9.78 Å². The molecule has 0 saturated carbocycles. The molecule has 0 saturated heterocycles. The Morgan fingerprint density at radius 1 is 1.03 bits per heavy atom. The molecule has 2 amide bonds. The molecule has 0 aliphatic rings. The molecule has 0 aliphatic heterocycles. The number of para-hydroxylation sites is 1. The molecule has 0 radical (unpaired) electrons. The topological polar surface area (TPSA) is 93.1 Å². The first-order valence-corrected chi connectivity index (χ1v) is 9.75. The van der Waals surface area contributed by atoms with Crippen LogP contribution >= 0.6 is 0 Å². The molecule has 0 aliphatic carbocycles. The van der Waals surface area contributed by atoms with Crippen LogP contribution in [0.2, 0.25) is 0 Å². The lowest BCUT2D eigenvalue weighted by Gasteiger charge is -2.15. The second-order valence-electron chi connectivity index (χ2n) is 6.96. The van der Waals surface area contributed by atoms with Gasteiger partial charge < -0.3 is 10.6 Å². The monoisotopic (exact) mass is 404 g/mol. The fourth-order valence-electron chi connectivity index (χ4n) is 2.89. The minimum Gasteiger partial charge on any atom is -0.326 e. The first-order chi connectivity index (χ1) is 14.4. The van der Waals surface area contributed by atoms with E-state index < -0.39 is 6.04 Å². The molecular weight excluding hydrogens is 380 g/mol. The predicted octanol–water partition coefficient (Wildman–Crippen LogP) is 3.77. The lowest BCUT2D eigenvalue weighted by molar-refractivity contribution is -0.119. The van der Waals surface area contributed by atoms with Crippen molar-refractivity contribution in [3.63, 3.8) is 0 Å². The number of anilines is 2. The summed E-state index contributed by atoms with van der Waals surface area (Å²) in [5.74, 6) is -0.424. The van der Waals surface area contributed by atoms with Gasteiger partial charge in [-0.2, -0.15) is 5.10 Å². The molecule has 30 heavy (non-hydrogen) atoms. The van der Waals surface area contributed by atoms with Crippen LogP contribution in [-0.2, 0) is 9.59 Å². The largest absolute Gasteiger partial charge is 0.326 e. The van der Waals surface area contributed by atoms with Crippen LogP contribution in [0.15, 0.2) is 65.5 Å². The van der Waals surface area contributed by atoms with Crippen LogP contribution < -0.4 is 16.2 Å². The third-order valence-electron chi connectivity index (χ3n) is 4.74. The SMILES string of the molecule is CCC(=O)Nc1cc(-c2ccc(=O)n(C(C)C(=O)Nc3ccccc3)n2)ccc1C. The highest BCUT2D eigenvalue weighted by Gasteiger charge is 2.18. The molecule has 2 aromatic carbocycles. The highest BCUT2D eigenvalue weighted by molar-refractivity contribution is 5.93. The first kappa shape index (κ1) is 21.0. The molecule has 0 bridgehead atoms. The Hall–Kier alpha value is -3.74. The van der Waals surface area contributed by atoms with Gasteiger partial charge in [0.25, 0.3) is 5.56 Å². The number of hydrogen-bond donors (Lipinski definition) is 2. The number of carbonyl (C=O) groups is 2. The van der Waals surface area contributed by atoms with Crippen LogP contribution in [0.25, 0.3) is 11.3 Å². The van der Waals surface area contributed by atoms with Gasteiger partial charge in [-0.15, -0.1) is 0 Å². The third kappa shape index (κ3) is 4.81. The molecule has 7 heteroatoms. The zero-order valence-corrected chi connectivity index (χ0v) is 17.2. The Labute approximate surface area is 174 Å². The van der Waals surface area contributed by atoms with Gasteiger partial charge in [0.05, 0.1) is 5.69 Å². The summed E-state index contributed by atoms with van der Waals surface area (Å²) in [5, 5.41) is 10.1. The van der Waals surface area contributed by atoms with E-state index in [1.165, 1.54) is 6.07 Å². The molecule has 154 valence electrons. The van der Waals surface area contributed by atoms with Gasteiger partial charge in [0.1, 0.15) is 6.04 Å². The van der Waals surface area contributed by atoms with Crippen molar-refractivity contribution in [2.24, 2.45) is 0 Å². The highest BCUT2D eigenvalue weighted by Crippen LogP contribution is 2.24. The third-order valence-corrected chi connectivity index (χ3v) is 4.74. The minimum atomic E-state index is -0.803. The summed E-state index contributed by atoms with van der Waals surface area (Å²) >= 11 is 0. The number of rotatable bonds is 6. The Kier molecular flexibility index (Phi) is 6.41. The van der Waals surface area contributed by atoms with E-state index in [9.17, 15) is 14.4 Å². The Bertz CT molecular complexity index is 1120. The van der Waals surface area contributed by atoms with Gasteiger partial charge in [-0.25, -0.2) is 4.68 Å². The number of amides is 2. The van der Waals surface area contributed by atoms with Crippen molar-refractivity contribution in [3.05, 3.63) is 76.6 Å². The van der Waals surface area contributed by atoms with E-state index in [1.54, 1.807) is 32.0 Å². The van der Waals surface area contributed by atoms with Gasteiger partial charge in [0, 0.05) is 29.4 Å². The van der Waals surface area contributed by atoms with Crippen molar-refractivity contribution in [3.8, 4) is 11.3 Å². The molecule has 1 heterocycles. The summed E-state index contributed by atoms with van der Waals surface area (Å²) < 4.78 is 1.16. The standard InChI is InChI=1S/C23H24N4O3/c1-4-21(28)25-20-14-17(11-10-15(20)2)19-12-13-22(29)27(26-19)16(3)23(30)24-18-8-6-5-7-9-18/h5-14,16H,4H2,1-3H3,(H,24,30)(H,25,28). The molecular formula is C23H24N4O3. The van der Waals surface area contributed by atoms with Crippen LogP contribution in [0.4, 0.5) is 11.4 Å². The number of nitrogens with one attached hydrogen (secondary N) is 2. The van der Waals surface area contributed by atoms with E-state index in [0.717, 1.165) is 15.8 Å². The maximum absolute atomic E-state index is 12.6. The van der Waals surface area contributed by atoms with Gasteiger partial charge in [-0.3, -0.25) is 14.4 Å². The van der Waals surface area contributed by atoms with Gasteiger partial charge >= 0.3 is 0 Å². The van der Waals surface area contributed by atoms with Crippen molar-refractivity contribution in [2.75, 3.05) is 10.6 Å². The van der Waals surface area contributed by atoms with E-state index in [-0.39, 0.29) is 17.4 Å². The fourth-order valence-corrected chi connectivity index (χ4v) is 2.89. The molecule has 1 atom stereocenters. The van der Waals surface area contributed by atoms with Gasteiger partial charge in [-0.05, 0) is 43.7 Å². The van der Waals surface area contributed by atoms with Crippen molar-refractivity contribution in [1.29, 1.82) is 0 Å². The second-order valence-corrected chi connectivity index (χ2v) is 6.96. The molecule has 1 unspecified atom stereocenters. The zero-order chi connectivity index (χ0) is 21.7. The number of benzene rings is 2. The molecule has 1 aromatic heterocycles. The van der Waals surface area contributed by atoms with Gasteiger partial charge in [-0.1, -0.05) is 37.3 Å². The highest BCUT2D eigenvalue weighted by atomic mass is 16.2. The van der Waals surface area contributed by atoms with E-state index in [4.69, 9.17) is 0 Å². The predicted molar refractivity (Wildman–Crippen MR) is 117 cm³/mol. The Balaban J connectivity index is 1.90. The van der Waals surface area contributed by atoms with Crippen molar-refractivity contribution >= 4 is 23.2 Å². The molecule has 7 nitrogen and oxygen atoms in total. The van der Waals surface area contributed by atoms with Crippen LogP contribution in [0.3, 0.4) is 0 Å². The van der Waals surface area contributed by atoms with Crippen LogP contribution in [-0.4, -0.2) is 21.6 Å². The number of hydrogen-bond acceptors (Lipinski definition) is 4. The number of nitrogens with zero attached hydrogens (tertiary/aromatic N) is 2. The van der Waals surface area contributed by atoms with Gasteiger partial charge in [0.2, 0.25) is 11.8 Å². The summed E-state index contributed by atoms with van der Waals surface area (Å²) in [6.45, 7) is 5.31. The number of aromatic nitrogens is 2. The van der Waals surface area contributed by atoms with Crippen LogP contribution in [0, 0.1) is 6.92 Å². The summed E-state index contributed by atoms with van der Waals surface area (Å²) in [4.78, 5) is 36.8. The van der Waals surface area contributed by atoms with Gasteiger partial charge in [0.15, 0.2) is 0 Å². The molecule has 3 rings (SSSR count). The van der Waals surface area contributed by atoms with Crippen LogP contribution in [0.5, 0.6) is 0 Å². The van der Waals surface area contributed by atoms with E-state index in [2.05, 4.69) is 15.7 Å². The summed E-state index contributed by atoms with van der Waals surface area (Å²) in [5.41, 5.74) is 3.14. The Morgan fingerprint density at radius 3 is 2.47 bits per heavy atom. The van der Waals surface area contributed by atoms with E-state index >= 15 is 0 Å². The van der Waals surface area contributed by atoms with Crippen molar-refractivity contribution < 1.29 is 9.59 Å². The molecule has 0 fully saturated rings. The van der Waals surface area contributed by atoms with E-state index in [1.807, 2.05) is 43.3 Å². The summed E-state index contributed by atoms with van der Waals surface area (Å²) in [6, 6.07) is 16.8. The lowest BCUT2D eigenvalue weighted by atomic mass is 10.1. The average molecular weight is 404 g/mol. The quantitative estimate of drug-likeness (QED) is 0.654. The number of aryl methyl sites for hydroxylation is 1. The smallest absolute Gasteiger partial charge is 0.267 e.